The van der Waals surface area contributed by atoms with Crippen LogP contribution in [-0.4, -0.2) is 20.3 Å². The Labute approximate surface area is 101 Å². The Balaban J connectivity index is 2.66. The number of rotatable bonds is 4. The number of nitrogens with one attached hydrogen (secondary N) is 1. The van der Waals surface area contributed by atoms with Gasteiger partial charge in [-0.15, -0.1) is 0 Å². The van der Waals surface area contributed by atoms with Gasteiger partial charge in [-0.25, -0.2) is 0 Å². The van der Waals surface area contributed by atoms with Crippen molar-refractivity contribution in [2.24, 2.45) is 0 Å². The van der Waals surface area contributed by atoms with Gasteiger partial charge in [0.25, 0.3) is 0 Å². The summed E-state index contributed by atoms with van der Waals surface area (Å²) < 4.78 is 3.87. The molecule has 1 aromatic heterocycles. The first-order valence-electron chi connectivity index (χ1n) is 6.06. The molecule has 2 N–H and O–H groups in total. The summed E-state index contributed by atoms with van der Waals surface area (Å²) in [4.78, 5) is 0. The molecule has 17 heavy (non-hydrogen) atoms. The number of aromatic nitrogens is 2. The average molecular weight is 233 g/mol. The first kappa shape index (κ1) is 11.9. The molecule has 4 heteroatoms. The highest BCUT2D eigenvalue weighted by molar-refractivity contribution is 5.75. The van der Waals surface area contributed by atoms with Crippen LogP contribution < -0.4 is 5.62 Å². The van der Waals surface area contributed by atoms with Gasteiger partial charge in [0.05, 0.1) is 23.7 Å². The van der Waals surface area contributed by atoms with E-state index in [2.05, 4.69) is 6.92 Å². The molecule has 0 aliphatic heterocycles. The quantitative estimate of drug-likeness (QED) is 0.830. The summed E-state index contributed by atoms with van der Waals surface area (Å²) in [6.07, 6.45) is 0.559. The largest absolute Gasteiger partial charge is 0.392 e. The van der Waals surface area contributed by atoms with E-state index in [0.717, 1.165) is 24.0 Å². The molecule has 2 aromatic rings. The van der Waals surface area contributed by atoms with Crippen LogP contribution in [0.5, 0.6) is 0 Å². The smallest absolute Gasteiger partial charge is 0.203 e. The number of fused-ring (bicyclic) bond motifs is 1. The number of aryl methyl sites for hydroxylation is 1. The summed E-state index contributed by atoms with van der Waals surface area (Å²) in [5.74, 6) is 0. The van der Waals surface area contributed by atoms with Crippen LogP contribution >= 0.6 is 0 Å². The standard InChI is InChI=1S/C13H19N3O/c1-3-8-15-11-6-4-5-7-12(11)16(13(15)14)9-10(2)17/h4-7,10,14,17H,3,8-9H2,1-2H3. The molecule has 4 nitrogen and oxygen atoms in total. The Morgan fingerprint density at radius 3 is 2.35 bits per heavy atom. The van der Waals surface area contributed by atoms with Crippen LogP contribution in [0, 0.1) is 5.41 Å². The zero-order chi connectivity index (χ0) is 12.4. The van der Waals surface area contributed by atoms with E-state index in [4.69, 9.17) is 5.41 Å². The van der Waals surface area contributed by atoms with Crippen LogP contribution in [0.3, 0.4) is 0 Å². The molecule has 0 amide bonds. The third-order valence-corrected chi connectivity index (χ3v) is 2.87. The van der Waals surface area contributed by atoms with Gasteiger partial charge in [-0.3, -0.25) is 5.41 Å². The molecule has 1 unspecified atom stereocenters. The Bertz CT molecular complexity index is 566. The average Bonchev–Trinajstić information content (AvgIpc) is 2.55. The molecule has 0 fully saturated rings. The van der Waals surface area contributed by atoms with Crippen molar-refractivity contribution in [3.8, 4) is 0 Å². The summed E-state index contributed by atoms with van der Waals surface area (Å²) >= 11 is 0. The molecular formula is C13H19N3O. The van der Waals surface area contributed by atoms with Crippen molar-refractivity contribution < 1.29 is 5.11 Å². The lowest BCUT2D eigenvalue weighted by Crippen LogP contribution is -2.27. The van der Waals surface area contributed by atoms with Crippen molar-refractivity contribution in [2.75, 3.05) is 0 Å². The van der Waals surface area contributed by atoms with E-state index in [9.17, 15) is 5.11 Å². The lowest BCUT2D eigenvalue weighted by atomic mass is 10.3. The SMILES string of the molecule is CCCn1c(=N)n(CC(C)O)c2ccccc21. The summed E-state index contributed by atoms with van der Waals surface area (Å²) in [5.41, 5.74) is 2.56. The topological polar surface area (TPSA) is 53.9 Å². The summed E-state index contributed by atoms with van der Waals surface area (Å²) in [7, 11) is 0. The number of benzene rings is 1. The van der Waals surface area contributed by atoms with Crippen molar-refractivity contribution >= 4 is 11.0 Å². The minimum absolute atomic E-state index is 0.440. The summed E-state index contributed by atoms with van der Waals surface area (Å²) in [6.45, 7) is 5.16. The van der Waals surface area contributed by atoms with Crippen LogP contribution in [0.4, 0.5) is 0 Å². The van der Waals surface area contributed by atoms with E-state index in [-0.39, 0.29) is 0 Å². The molecule has 0 bridgehead atoms. The first-order valence-corrected chi connectivity index (χ1v) is 6.06. The zero-order valence-electron chi connectivity index (χ0n) is 10.3. The molecule has 0 aliphatic carbocycles. The number of para-hydroxylation sites is 2. The Morgan fingerprint density at radius 1 is 1.24 bits per heavy atom. The molecule has 0 saturated carbocycles. The van der Waals surface area contributed by atoms with E-state index in [0.29, 0.717) is 12.2 Å². The maximum absolute atomic E-state index is 9.52. The Kier molecular flexibility index (Phi) is 3.33. The van der Waals surface area contributed by atoms with E-state index < -0.39 is 6.10 Å². The third-order valence-electron chi connectivity index (χ3n) is 2.87. The monoisotopic (exact) mass is 233 g/mol. The van der Waals surface area contributed by atoms with E-state index >= 15 is 0 Å². The third kappa shape index (κ3) is 2.13. The maximum Gasteiger partial charge on any atom is 0.203 e. The fourth-order valence-electron chi connectivity index (χ4n) is 2.19. The second-order valence-corrected chi connectivity index (χ2v) is 4.42. The molecule has 0 aliphatic rings. The predicted octanol–water partition coefficient (Wildman–Crippen LogP) is 1.71. The van der Waals surface area contributed by atoms with Crippen molar-refractivity contribution in [1.82, 2.24) is 9.13 Å². The first-order chi connectivity index (χ1) is 8.15. The van der Waals surface area contributed by atoms with Crippen LogP contribution in [0.15, 0.2) is 24.3 Å². The highest BCUT2D eigenvalue weighted by atomic mass is 16.3. The Hall–Kier alpha value is -1.55. The van der Waals surface area contributed by atoms with Crippen molar-refractivity contribution in [1.29, 1.82) is 5.41 Å². The fourth-order valence-corrected chi connectivity index (χ4v) is 2.19. The van der Waals surface area contributed by atoms with Crippen molar-refractivity contribution in [2.45, 2.75) is 39.5 Å². The summed E-state index contributed by atoms with van der Waals surface area (Å²) in [5, 5.41) is 17.7. The van der Waals surface area contributed by atoms with Gasteiger partial charge in [0.1, 0.15) is 0 Å². The van der Waals surface area contributed by atoms with E-state index in [1.807, 2.05) is 33.4 Å². The van der Waals surface area contributed by atoms with Gasteiger partial charge in [0.15, 0.2) is 0 Å². The molecule has 92 valence electrons. The molecule has 0 radical (unpaired) electrons. The van der Waals surface area contributed by atoms with Gasteiger partial charge in [0.2, 0.25) is 5.62 Å². The normalized spacial score (nSPS) is 13.1. The zero-order valence-corrected chi connectivity index (χ0v) is 10.3. The molecule has 1 heterocycles. The number of nitrogens with zero attached hydrogens (tertiary/aromatic N) is 2. The Morgan fingerprint density at radius 2 is 1.82 bits per heavy atom. The van der Waals surface area contributed by atoms with Crippen LogP contribution in [0.1, 0.15) is 20.3 Å². The molecule has 0 saturated heterocycles. The number of imidazole rings is 1. The van der Waals surface area contributed by atoms with Crippen LogP contribution in [0.25, 0.3) is 11.0 Å². The van der Waals surface area contributed by atoms with Gasteiger partial charge in [-0.2, -0.15) is 0 Å². The number of hydrogen-bond donors (Lipinski definition) is 2. The molecule has 1 atom stereocenters. The second kappa shape index (κ2) is 4.75. The highest BCUT2D eigenvalue weighted by Gasteiger charge is 2.10. The minimum Gasteiger partial charge on any atom is -0.392 e. The lowest BCUT2D eigenvalue weighted by Gasteiger charge is -2.06. The summed E-state index contributed by atoms with van der Waals surface area (Å²) in [6, 6.07) is 7.99. The number of hydrogen-bond acceptors (Lipinski definition) is 2. The minimum atomic E-state index is -0.440. The van der Waals surface area contributed by atoms with Gasteiger partial charge < -0.3 is 14.2 Å². The maximum atomic E-state index is 9.52. The van der Waals surface area contributed by atoms with Gasteiger partial charge in [0, 0.05) is 6.54 Å². The van der Waals surface area contributed by atoms with Crippen LogP contribution in [0.2, 0.25) is 0 Å². The number of aliphatic hydroxyl groups is 1. The second-order valence-electron chi connectivity index (χ2n) is 4.42. The van der Waals surface area contributed by atoms with E-state index in [1.165, 1.54) is 0 Å². The molecule has 2 rings (SSSR count). The lowest BCUT2D eigenvalue weighted by molar-refractivity contribution is 0.172. The van der Waals surface area contributed by atoms with Gasteiger partial charge >= 0.3 is 0 Å². The molecule has 1 aromatic carbocycles. The fraction of sp³-hybridized carbons (Fsp3) is 0.462. The van der Waals surface area contributed by atoms with Crippen molar-refractivity contribution in [3.05, 3.63) is 29.9 Å². The van der Waals surface area contributed by atoms with Gasteiger partial charge in [-0.1, -0.05) is 19.1 Å². The molecule has 0 spiro atoms. The highest BCUT2D eigenvalue weighted by Crippen LogP contribution is 2.13. The van der Waals surface area contributed by atoms with Crippen LogP contribution in [-0.2, 0) is 13.1 Å². The molecular weight excluding hydrogens is 214 g/mol. The van der Waals surface area contributed by atoms with Gasteiger partial charge in [-0.05, 0) is 25.5 Å². The van der Waals surface area contributed by atoms with E-state index in [1.54, 1.807) is 6.92 Å². The van der Waals surface area contributed by atoms with Crippen molar-refractivity contribution in [3.63, 3.8) is 0 Å². The predicted molar refractivity (Wildman–Crippen MR) is 67.8 cm³/mol. The number of aliphatic hydroxyl groups excluding tert-OH is 1.